The molecule has 1 aliphatic heterocycles. The van der Waals surface area contributed by atoms with Crippen molar-refractivity contribution in [2.75, 3.05) is 26.2 Å². The summed E-state index contributed by atoms with van der Waals surface area (Å²) in [4.78, 5) is 14.0. The topological polar surface area (TPSA) is 29.5 Å². The minimum Gasteiger partial charge on any atom is -0.377 e. The van der Waals surface area contributed by atoms with E-state index in [1.807, 2.05) is 0 Å². The quantitative estimate of drug-likeness (QED) is 0.691. The van der Waals surface area contributed by atoms with Gasteiger partial charge in [-0.2, -0.15) is 0 Å². The van der Waals surface area contributed by atoms with Crippen LogP contribution in [-0.2, 0) is 9.53 Å². The maximum Gasteiger partial charge on any atom is 0.149 e. The number of ketones is 1. The first-order valence-electron chi connectivity index (χ1n) is 6.66. The van der Waals surface area contributed by atoms with E-state index in [4.69, 9.17) is 4.74 Å². The largest absolute Gasteiger partial charge is 0.377 e. The van der Waals surface area contributed by atoms with Gasteiger partial charge < -0.3 is 4.74 Å². The van der Waals surface area contributed by atoms with E-state index in [1.165, 1.54) is 6.42 Å². The van der Waals surface area contributed by atoms with Gasteiger partial charge in [0.2, 0.25) is 0 Å². The van der Waals surface area contributed by atoms with Gasteiger partial charge in [-0.1, -0.05) is 6.92 Å². The van der Waals surface area contributed by atoms with Crippen LogP contribution in [0.4, 0.5) is 0 Å². The zero-order valence-corrected chi connectivity index (χ0v) is 10.3. The number of likely N-dealkylation sites (tertiary alicyclic amines) is 1. The standard InChI is InChI=1S/C13H23NO2/c1-2-8-16-12-4-3-7-14(9-12)10-13(15)11-5-6-11/h11-12H,2-10H2,1H3. The zero-order chi connectivity index (χ0) is 11.4. The molecule has 1 saturated heterocycles. The molecule has 0 aromatic rings. The number of hydrogen-bond donors (Lipinski definition) is 0. The van der Waals surface area contributed by atoms with Gasteiger partial charge in [0.1, 0.15) is 5.78 Å². The Morgan fingerprint density at radius 1 is 1.38 bits per heavy atom. The van der Waals surface area contributed by atoms with Crippen LogP contribution in [0, 0.1) is 5.92 Å². The summed E-state index contributed by atoms with van der Waals surface area (Å²) < 4.78 is 5.77. The van der Waals surface area contributed by atoms with E-state index >= 15 is 0 Å². The Morgan fingerprint density at radius 3 is 2.88 bits per heavy atom. The van der Waals surface area contributed by atoms with Crippen LogP contribution < -0.4 is 0 Å². The molecule has 2 rings (SSSR count). The molecule has 1 unspecified atom stereocenters. The molecule has 3 heteroatoms. The summed E-state index contributed by atoms with van der Waals surface area (Å²) in [7, 11) is 0. The molecule has 0 N–H and O–H groups in total. The zero-order valence-electron chi connectivity index (χ0n) is 10.3. The molecule has 0 spiro atoms. The van der Waals surface area contributed by atoms with Crippen LogP contribution in [0.3, 0.4) is 0 Å². The minimum atomic E-state index is 0.362. The van der Waals surface area contributed by atoms with Crippen LogP contribution in [0.2, 0.25) is 0 Å². The van der Waals surface area contributed by atoms with Gasteiger partial charge in [-0.25, -0.2) is 0 Å². The minimum absolute atomic E-state index is 0.362. The van der Waals surface area contributed by atoms with Gasteiger partial charge in [-0.15, -0.1) is 0 Å². The molecule has 1 saturated carbocycles. The molecule has 1 aliphatic carbocycles. The average Bonchev–Trinajstić information content (AvgIpc) is 3.10. The molecule has 2 aliphatic rings. The highest BCUT2D eigenvalue weighted by Gasteiger charge is 2.31. The van der Waals surface area contributed by atoms with Gasteiger partial charge in [0.25, 0.3) is 0 Å². The molecule has 0 amide bonds. The van der Waals surface area contributed by atoms with Crippen LogP contribution in [0.15, 0.2) is 0 Å². The summed E-state index contributed by atoms with van der Waals surface area (Å²) in [5.74, 6) is 0.855. The molecule has 92 valence electrons. The number of carbonyl (C=O) groups is 1. The van der Waals surface area contributed by atoms with Crippen LogP contribution >= 0.6 is 0 Å². The Hall–Kier alpha value is -0.410. The van der Waals surface area contributed by atoms with Gasteiger partial charge >= 0.3 is 0 Å². The molecule has 1 atom stereocenters. The SMILES string of the molecule is CCCOC1CCCN(CC(=O)C2CC2)C1. The molecule has 1 heterocycles. The molecular weight excluding hydrogens is 202 g/mol. The van der Waals surface area contributed by atoms with Crippen molar-refractivity contribution < 1.29 is 9.53 Å². The van der Waals surface area contributed by atoms with Crippen molar-refractivity contribution in [3.05, 3.63) is 0 Å². The molecule has 0 bridgehead atoms. The second-order valence-corrected chi connectivity index (χ2v) is 5.11. The Labute approximate surface area is 98.1 Å². The van der Waals surface area contributed by atoms with Crippen molar-refractivity contribution in [1.82, 2.24) is 4.90 Å². The molecule has 0 aromatic heterocycles. The van der Waals surface area contributed by atoms with E-state index in [0.717, 1.165) is 45.4 Å². The summed E-state index contributed by atoms with van der Waals surface area (Å²) >= 11 is 0. The van der Waals surface area contributed by atoms with Crippen molar-refractivity contribution in [1.29, 1.82) is 0 Å². The smallest absolute Gasteiger partial charge is 0.149 e. The second kappa shape index (κ2) is 5.78. The molecular formula is C13H23NO2. The lowest BCUT2D eigenvalue weighted by Crippen LogP contribution is -2.42. The highest BCUT2D eigenvalue weighted by Crippen LogP contribution is 2.30. The third kappa shape index (κ3) is 3.56. The lowest BCUT2D eigenvalue weighted by Gasteiger charge is -2.32. The van der Waals surface area contributed by atoms with Crippen LogP contribution in [-0.4, -0.2) is 43.0 Å². The monoisotopic (exact) mass is 225 g/mol. The summed E-state index contributed by atoms with van der Waals surface area (Å²) in [5, 5.41) is 0. The van der Waals surface area contributed by atoms with Gasteiger partial charge in [0.05, 0.1) is 12.6 Å². The third-order valence-corrected chi connectivity index (χ3v) is 3.43. The van der Waals surface area contributed by atoms with Crippen molar-refractivity contribution in [2.24, 2.45) is 5.92 Å². The maximum atomic E-state index is 11.7. The predicted molar refractivity (Wildman–Crippen MR) is 63.4 cm³/mol. The predicted octanol–water partition coefficient (Wildman–Crippen LogP) is 1.86. The van der Waals surface area contributed by atoms with E-state index in [1.54, 1.807) is 0 Å². The lowest BCUT2D eigenvalue weighted by atomic mass is 10.1. The Kier molecular flexibility index (Phi) is 4.36. The maximum absolute atomic E-state index is 11.7. The first kappa shape index (κ1) is 12.1. The van der Waals surface area contributed by atoms with Crippen molar-refractivity contribution in [3.63, 3.8) is 0 Å². The highest BCUT2D eigenvalue weighted by atomic mass is 16.5. The third-order valence-electron chi connectivity index (χ3n) is 3.43. The number of hydrogen-bond acceptors (Lipinski definition) is 3. The average molecular weight is 225 g/mol. The van der Waals surface area contributed by atoms with Crippen LogP contribution in [0.1, 0.15) is 39.0 Å². The summed E-state index contributed by atoms with van der Waals surface area (Å²) in [6.07, 6.45) is 6.03. The second-order valence-electron chi connectivity index (χ2n) is 5.11. The number of carbonyl (C=O) groups excluding carboxylic acids is 1. The molecule has 2 fully saturated rings. The van der Waals surface area contributed by atoms with E-state index in [2.05, 4.69) is 11.8 Å². The van der Waals surface area contributed by atoms with Gasteiger partial charge in [-0.05, 0) is 38.6 Å². The van der Waals surface area contributed by atoms with E-state index in [0.29, 0.717) is 24.3 Å². The number of rotatable bonds is 6. The Balaban J connectivity index is 1.70. The summed E-state index contributed by atoms with van der Waals surface area (Å²) in [5.41, 5.74) is 0. The van der Waals surface area contributed by atoms with Gasteiger partial charge in [0.15, 0.2) is 0 Å². The molecule has 0 aromatic carbocycles. The Bertz CT molecular complexity index is 238. The van der Waals surface area contributed by atoms with E-state index in [9.17, 15) is 4.79 Å². The number of nitrogens with zero attached hydrogens (tertiary/aromatic N) is 1. The fraction of sp³-hybridized carbons (Fsp3) is 0.923. The number of piperidine rings is 1. The van der Waals surface area contributed by atoms with Crippen LogP contribution in [0.5, 0.6) is 0 Å². The lowest BCUT2D eigenvalue weighted by molar-refractivity contribution is -0.122. The van der Waals surface area contributed by atoms with Crippen LogP contribution in [0.25, 0.3) is 0 Å². The first-order valence-corrected chi connectivity index (χ1v) is 6.66. The molecule has 0 radical (unpaired) electrons. The number of ether oxygens (including phenoxy) is 1. The van der Waals surface area contributed by atoms with Gasteiger partial charge in [0, 0.05) is 19.1 Å². The van der Waals surface area contributed by atoms with E-state index in [-0.39, 0.29) is 0 Å². The summed E-state index contributed by atoms with van der Waals surface area (Å²) in [6.45, 7) is 5.69. The summed E-state index contributed by atoms with van der Waals surface area (Å²) in [6, 6.07) is 0. The normalized spacial score (nSPS) is 26.9. The molecule has 3 nitrogen and oxygen atoms in total. The van der Waals surface area contributed by atoms with Crippen molar-refractivity contribution in [3.8, 4) is 0 Å². The fourth-order valence-corrected chi connectivity index (χ4v) is 2.33. The van der Waals surface area contributed by atoms with Crippen molar-refractivity contribution >= 4 is 5.78 Å². The fourth-order valence-electron chi connectivity index (χ4n) is 2.33. The Morgan fingerprint density at radius 2 is 2.19 bits per heavy atom. The van der Waals surface area contributed by atoms with E-state index < -0.39 is 0 Å². The first-order chi connectivity index (χ1) is 7.79. The highest BCUT2D eigenvalue weighted by molar-refractivity contribution is 5.84. The molecule has 16 heavy (non-hydrogen) atoms. The number of Topliss-reactive ketones (excluding diaryl/α,β-unsaturated/α-hetero) is 1. The van der Waals surface area contributed by atoms with Gasteiger partial charge in [-0.3, -0.25) is 9.69 Å². The van der Waals surface area contributed by atoms with Crippen molar-refractivity contribution in [2.45, 2.75) is 45.1 Å².